The molecule has 2 aromatic carbocycles. The number of morpholine rings is 1. The molecule has 12 nitrogen and oxygen atoms in total. The average molecular weight is 474 g/mol. The van der Waals surface area contributed by atoms with Gasteiger partial charge in [-0.3, -0.25) is 19.7 Å². The number of nitrogens with two attached hydrogens (primary N) is 1. The summed E-state index contributed by atoms with van der Waals surface area (Å²) in [6, 6.07) is 10.9. The number of aliphatic hydroxyl groups excluding tert-OH is 1. The van der Waals surface area contributed by atoms with Crippen LogP contribution in [0.15, 0.2) is 42.5 Å². The van der Waals surface area contributed by atoms with Crippen molar-refractivity contribution in [1.82, 2.24) is 4.72 Å². The lowest BCUT2D eigenvalue weighted by Crippen LogP contribution is -2.55. The third kappa shape index (κ3) is 4.80. The van der Waals surface area contributed by atoms with Gasteiger partial charge in [0.1, 0.15) is 5.84 Å². The van der Waals surface area contributed by atoms with Crippen molar-refractivity contribution < 1.29 is 27.9 Å². The number of hydrogen-bond donors (Lipinski definition) is 6. The minimum Gasteiger partial charge on any atom is -0.384 e. The molecule has 2 atom stereocenters. The zero-order valence-electron chi connectivity index (χ0n) is 17.2. The maximum atomic E-state index is 13.0. The number of carbonyl (C=O) groups is 2. The molecule has 4 rings (SSSR count). The van der Waals surface area contributed by atoms with Gasteiger partial charge in [0.05, 0.1) is 12.3 Å². The van der Waals surface area contributed by atoms with Gasteiger partial charge in [-0.2, -0.15) is 13.1 Å². The molecular formula is C20H22N6O6S. The Morgan fingerprint density at radius 2 is 2.00 bits per heavy atom. The molecule has 174 valence electrons. The summed E-state index contributed by atoms with van der Waals surface area (Å²) in [6.07, 6.45) is -3.18. The molecule has 0 radical (unpaired) electrons. The lowest BCUT2D eigenvalue weighted by atomic mass is 10.1. The van der Waals surface area contributed by atoms with E-state index in [1.807, 2.05) is 0 Å². The number of carbonyl (C=O) groups excluding carboxylic acids is 2. The fraction of sp³-hybridized carbons (Fsp3) is 0.250. The molecule has 2 aliphatic heterocycles. The molecule has 13 heteroatoms. The first-order chi connectivity index (χ1) is 15.6. The quantitative estimate of drug-likeness (QED) is 0.248. The number of nitrogens with zero attached hydrogens (tertiary/aromatic N) is 1. The number of hydrogen-bond acceptors (Lipinski definition) is 7. The fourth-order valence-corrected chi connectivity index (χ4v) is 4.43. The highest BCUT2D eigenvalue weighted by molar-refractivity contribution is 7.90. The standard InChI is InChI=1S/C20H22N6O6S/c21-18(22)11-1-3-13(4-2-11)24-19(28)16(27)17-20(29)26(7-8-32-17)14-5-6-15-12(9-14)10-23-33(30,31)25-15/h1-6,9,16-17,23,25,27H,7-8,10H2,(H3,21,22)(H,24,28)/t16-,17-/m1/s1. The Bertz CT molecular complexity index is 1220. The van der Waals surface area contributed by atoms with Crippen molar-refractivity contribution in [2.75, 3.05) is 28.1 Å². The topological polar surface area (TPSA) is 187 Å². The predicted octanol–water partition coefficient (Wildman–Crippen LogP) is -0.538. The number of ether oxygens (including phenoxy) is 1. The normalized spacial score (nSPS) is 20.3. The summed E-state index contributed by atoms with van der Waals surface area (Å²) >= 11 is 0. The van der Waals surface area contributed by atoms with E-state index in [0.717, 1.165) is 0 Å². The first-order valence-corrected chi connectivity index (χ1v) is 11.4. The van der Waals surface area contributed by atoms with E-state index in [1.54, 1.807) is 30.3 Å². The summed E-state index contributed by atoms with van der Waals surface area (Å²) in [5, 5.41) is 20.4. The second kappa shape index (κ2) is 8.78. The van der Waals surface area contributed by atoms with E-state index >= 15 is 0 Å². The van der Waals surface area contributed by atoms with E-state index in [-0.39, 0.29) is 25.5 Å². The highest BCUT2D eigenvalue weighted by Crippen LogP contribution is 2.28. The monoisotopic (exact) mass is 474 g/mol. The lowest BCUT2D eigenvalue weighted by molar-refractivity contribution is -0.150. The summed E-state index contributed by atoms with van der Waals surface area (Å²) in [6.45, 7) is 0.359. The van der Waals surface area contributed by atoms with Crippen molar-refractivity contribution in [3.63, 3.8) is 0 Å². The summed E-state index contributed by atoms with van der Waals surface area (Å²) < 4.78 is 33.4. The number of amidine groups is 1. The van der Waals surface area contributed by atoms with E-state index < -0.39 is 34.2 Å². The van der Waals surface area contributed by atoms with Crippen LogP contribution in [-0.2, 0) is 31.1 Å². The molecule has 0 aromatic heterocycles. The van der Waals surface area contributed by atoms with Gasteiger partial charge in [0.25, 0.3) is 22.0 Å². The van der Waals surface area contributed by atoms with Crippen LogP contribution >= 0.6 is 0 Å². The molecule has 0 aliphatic carbocycles. The van der Waals surface area contributed by atoms with Crippen molar-refractivity contribution >= 4 is 44.9 Å². The SMILES string of the molecule is N=C(N)c1ccc(NC(=O)[C@H](O)[C@H]2OCCN(c3ccc4c(c3)CNS(=O)(=O)N4)C2=O)cc1. The van der Waals surface area contributed by atoms with Gasteiger partial charge in [-0.1, -0.05) is 0 Å². The highest BCUT2D eigenvalue weighted by Gasteiger charge is 2.39. The predicted molar refractivity (Wildman–Crippen MR) is 120 cm³/mol. The Morgan fingerprint density at radius 3 is 2.70 bits per heavy atom. The van der Waals surface area contributed by atoms with Gasteiger partial charge in [0, 0.05) is 30.0 Å². The molecule has 0 bridgehead atoms. The van der Waals surface area contributed by atoms with Gasteiger partial charge in [-0.15, -0.1) is 0 Å². The van der Waals surface area contributed by atoms with E-state index in [4.69, 9.17) is 15.9 Å². The van der Waals surface area contributed by atoms with Crippen molar-refractivity contribution in [3.05, 3.63) is 53.6 Å². The molecule has 2 heterocycles. The van der Waals surface area contributed by atoms with Crippen LogP contribution in [0, 0.1) is 5.41 Å². The van der Waals surface area contributed by atoms with E-state index in [0.29, 0.717) is 28.2 Å². The molecule has 2 aromatic rings. The van der Waals surface area contributed by atoms with E-state index in [2.05, 4.69) is 14.8 Å². The van der Waals surface area contributed by atoms with Crippen LogP contribution in [0.25, 0.3) is 0 Å². The zero-order chi connectivity index (χ0) is 23.8. The Morgan fingerprint density at radius 1 is 1.27 bits per heavy atom. The first-order valence-electron chi connectivity index (χ1n) is 9.91. The number of fused-ring (bicyclic) bond motifs is 1. The Labute approximate surface area is 189 Å². The molecule has 0 saturated carbocycles. The summed E-state index contributed by atoms with van der Waals surface area (Å²) in [4.78, 5) is 26.9. The third-order valence-corrected chi connectivity index (χ3v) is 6.25. The number of anilines is 3. The molecule has 7 N–H and O–H groups in total. The van der Waals surface area contributed by atoms with Gasteiger partial charge in [-0.05, 0) is 48.0 Å². The minimum absolute atomic E-state index is 0.0634. The van der Waals surface area contributed by atoms with E-state index in [9.17, 15) is 23.1 Å². The zero-order valence-corrected chi connectivity index (χ0v) is 18.1. The molecule has 1 fully saturated rings. The summed E-state index contributed by atoms with van der Waals surface area (Å²) in [7, 11) is -3.60. The van der Waals surface area contributed by atoms with Crippen molar-refractivity contribution in [2.24, 2.45) is 5.73 Å². The molecule has 33 heavy (non-hydrogen) atoms. The highest BCUT2D eigenvalue weighted by atomic mass is 32.2. The van der Waals surface area contributed by atoms with Crippen molar-refractivity contribution in [1.29, 1.82) is 5.41 Å². The lowest BCUT2D eigenvalue weighted by Gasteiger charge is -2.34. The van der Waals surface area contributed by atoms with Crippen LogP contribution in [0.5, 0.6) is 0 Å². The molecule has 2 amide bonds. The first kappa shape index (κ1) is 22.7. The van der Waals surface area contributed by atoms with Crippen molar-refractivity contribution in [3.8, 4) is 0 Å². The molecule has 1 saturated heterocycles. The van der Waals surface area contributed by atoms with Crippen molar-refractivity contribution in [2.45, 2.75) is 18.8 Å². The van der Waals surface area contributed by atoms with Crippen LogP contribution in [-0.4, -0.2) is 56.5 Å². The number of amides is 2. The summed E-state index contributed by atoms with van der Waals surface area (Å²) in [5.41, 5.74) is 7.77. The Kier molecular flexibility index (Phi) is 6.03. The van der Waals surface area contributed by atoms with Gasteiger partial charge in [-0.25, -0.2) is 0 Å². The maximum Gasteiger partial charge on any atom is 0.299 e. The third-order valence-electron chi connectivity index (χ3n) is 5.24. The fourth-order valence-electron chi connectivity index (χ4n) is 3.52. The van der Waals surface area contributed by atoms with Crippen LogP contribution < -0.4 is 25.4 Å². The Balaban J connectivity index is 1.46. The number of nitrogen functional groups attached to an aromatic ring is 1. The average Bonchev–Trinajstić information content (AvgIpc) is 2.78. The minimum atomic E-state index is -3.60. The number of benzene rings is 2. The van der Waals surface area contributed by atoms with Gasteiger partial charge in [0.2, 0.25) is 0 Å². The van der Waals surface area contributed by atoms with Crippen LogP contribution in [0.2, 0.25) is 0 Å². The molecule has 2 aliphatic rings. The maximum absolute atomic E-state index is 13.0. The number of aliphatic hydroxyl groups is 1. The van der Waals surface area contributed by atoms with E-state index in [1.165, 1.54) is 17.0 Å². The van der Waals surface area contributed by atoms with Gasteiger partial charge in [0.15, 0.2) is 12.2 Å². The number of nitrogens with one attached hydrogen (secondary N) is 4. The summed E-state index contributed by atoms with van der Waals surface area (Å²) in [5.74, 6) is -1.54. The van der Waals surface area contributed by atoms with Crippen LogP contribution in [0.3, 0.4) is 0 Å². The van der Waals surface area contributed by atoms with Crippen LogP contribution in [0.4, 0.5) is 17.1 Å². The smallest absolute Gasteiger partial charge is 0.299 e. The Hall–Kier alpha value is -3.52. The molecular weight excluding hydrogens is 452 g/mol. The number of rotatable bonds is 5. The molecule has 0 spiro atoms. The van der Waals surface area contributed by atoms with Crippen LogP contribution in [0.1, 0.15) is 11.1 Å². The van der Waals surface area contributed by atoms with Gasteiger partial charge >= 0.3 is 0 Å². The second-order valence-electron chi connectivity index (χ2n) is 7.47. The largest absolute Gasteiger partial charge is 0.384 e. The second-order valence-corrected chi connectivity index (χ2v) is 8.97. The van der Waals surface area contributed by atoms with Gasteiger partial charge < -0.3 is 25.8 Å². The molecule has 0 unspecified atom stereocenters.